The Labute approximate surface area is 242 Å². The summed E-state index contributed by atoms with van der Waals surface area (Å²) in [5.41, 5.74) is 6.40. The van der Waals surface area contributed by atoms with E-state index < -0.39 is 5.97 Å². The molecule has 0 radical (unpaired) electrons. The number of hydrogen-bond donors (Lipinski definition) is 1. The van der Waals surface area contributed by atoms with Crippen LogP contribution in [0.1, 0.15) is 44.0 Å². The smallest absolute Gasteiger partial charge is 0.345 e. The number of aromatic carboxylic acids is 1. The molecule has 6 heterocycles. The molecule has 1 N–H and O–H groups in total. The molecule has 4 aromatic rings. The molecule has 2 fully saturated rings. The summed E-state index contributed by atoms with van der Waals surface area (Å²) >= 11 is 1.21. The van der Waals surface area contributed by atoms with Gasteiger partial charge in [-0.25, -0.2) is 9.78 Å². The van der Waals surface area contributed by atoms with Crippen LogP contribution in [0.2, 0.25) is 0 Å². The van der Waals surface area contributed by atoms with Crippen molar-refractivity contribution in [3.05, 3.63) is 82.5 Å². The lowest BCUT2D eigenvalue weighted by molar-refractivity contribution is -0.124. The summed E-state index contributed by atoms with van der Waals surface area (Å²) in [7, 11) is 0. The van der Waals surface area contributed by atoms with Crippen molar-refractivity contribution in [1.29, 1.82) is 0 Å². The molecule has 1 spiro atoms. The zero-order chi connectivity index (χ0) is 28.1. The number of carbonyl (C=O) groups is 2. The number of hydrogen-bond acceptors (Lipinski definition) is 7. The van der Waals surface area contributed by atoms with Crippen LogP contribution in [0.3, 0.4) is 0 Å². The van der Waals surface area contributed by atoms with E-state index in [-0.39, 0.29) is 10.8 Å². The van der Waals surface area contributed by atoms with Gasteiger partial charge in [0.2, 0.25) is 0 Å². The van der Waals surface area contributed by atoms with Crippen molar-refractivity contribution in [2.75, 3.05) is 42.6 Å². The van der Waals surface area contributed by atoms with Crippen LogP contribution in [0.4, 0.5) is 11.5 Å². The fourth-order valence-corrected chi connectivity index (χ4v) is 7.17. The molecule has 0 aliphatic carbocycles. The quantitative estimate of drug-likeness (QED) is 0.339. The maximum atomic E-state index is 13.9. The third kappa shape index (κ3) is 4.59. The maximum absolute atomic E-state index is 13.9. The molecule has 41 heavy (non-hydrogen) atoms. The first-order chi connectivity index (χ1) is 19.9. The lowest BCUT2D eigenvalue weighted by atomic mass is 9.77. The summed E-state index contributed by atoms with van der Waals surface area (Å²) in [6.07, 6.45) is 6.40. The summed E-state index contributed by atoms with van der Waals surface area (Å²) < 4.78 is 5.50. The molecule has 8 nitrogen and oxygen atoms in total. The Kier molecular flexibility index (Phi) is 6.36. The summed E-state index contributed by atoms with van der Waals surface area (Å²) in [6, 6.07) is 15.4. The van der Waals surface area contributed by atoms with Crippen LogP contribution in [0.5, 0.6) is 0 Å². The largest absolute Gasteiger partial charge is 0.477 e. The van der Waals surface area contributed by atoms with Gasteiger partial charge < -0.3 is 19.6 Å². The molecular formula is C32H30N4O4S. The molecule has 0 atom stereocenters. The van der Waals surface area contributed by atoms with Gasteiger partial charge in [0.05, 0.1) is 23.8 Å². The number of thiophene rings is 1. The van der Waals surface area contributed by atoms with Crippen LogP contribution >= 0.6 is 11.3 Å². The molecular weight excluding hydrogens is 536 g/mol. The number of pyridine rings is 2. The summed E-state index contributed by atoms with van der Waals surface area (Å²) in [5.74, 6) is -0.0621. The Morgan fingerprint density at radius 3 is 2.51 bits per heavy atom. The van der Waals surface area contributed by atoms with Crippen molar-refractivity contribution < 1.29 is 19.4 Å². The molecule has 0 bridgehead atoms. The highest BCUT2D eigenvalue weighted by molar-refractivity contribution is 7.17. The first-order valence-corrected chi connectivity index (χ1v) is 14.8. The second-order valence-electron chi connectivity index (χ2n) is 11.3. The van der Waals surface area contributed by atoms with E-state index in [1.807, 2.05) is 42.6 Å². The van der Waals surface area contributed by atoms with Crippen LogP contribution in [-0.4, -0.2) is 59.8 Å². The lowest BCUT2D eigenvalue weighted by Crippen LogP contribution is -2.51. The van der Waals surface area contributed by atoms with Crippen molar-refractivity contribution >= 4 is 34.7 Å². The highest BCUT2D eigenvalue weighted by atomic mass is 32.1. The minimum absolute atomic E-state index is 0.106. The van der Waals surface area contributed by atoms with Crippen molar-refractivity contribution in [1.82, 2.24) is 9.97 Å². The Morgan fingerprint density at radius 2 is 1.80 bits per heavy atom. The van der Waals surface area contributed by atoms with E-state index in [1.165, 1.54) is 11.3 Å². The standard InChI is InChI=1S/C32H30N4O4S/c1-20-15-24(29(34-17-20)35-13-9-32(10-14-35)18-40-19-32)21-4-6-22(7-5-21)30(37)36-12-8-23-16-26(31(38)39)41-28(23)27-25(36)3-2-11-33-27/h2-7,11,15-17H,8-10,12-14,18-19H2,1H3,(H,38,39). The highest BCUT2D eigenvalue weighted by Gasteiger charge is 2.41. The van der Waals surface area contributed by atoms with E-state index in [0.717, 1.165) is 72.1 Å². The van der Waals surface area contributed by atoms with E-state index in [0.29, 0.717) is 35.3 Å². The van der Waals surface area contributed by atoms with Crippen molar-refractivity contribution in [3.63, 3.8) is 0 Å². The van der Waals surface area contributed by atoms with Gasteiger partial charge in [0.25, 0.3) is 5.91 Å². The fraction of sp³-hybridized carbons (Fsp3) is 0.312. The molecule has 3 aromatic heterocycles. The number of fused-ring (bicyclic) bond motifs is 3. The molecule has 9 heteroatoms. The molecule has 0 unspecified atom stereocenters. The number of rotatable bonds is 4. The van der Waals surface area contributed by atoms with Gasteiger partial charge in [0.1, 0.15) is 16.4 Å². The first kappa shape index (κ1) is 25.9. The van der Waals surface area contributed by atoms with Gasteiger partial charge in [-0.3, -0.25) is 9.78 Å². The zero-order valence-electron chi connectivity index (χ0n) is 22.8. The number of anilines is 2. The van der Waals surface area contributed by atoms with E-state index in [9.17, 15) is 14.7 Å². The van der Waals surface area contributed by atoms with Gasteiger partial charge in [0.15, 0.2) is 0 Å². The predicted octanol–water partition coefficient (Wildman–Crippen LogP) is 5.70. The van der Waals surface area contributed by atoms with Crippen molar-refractivity contribution in [2.24, 2.45) is 5.41 Å². The number of nitrogens with zero attached hydrogens (tertiary/aromatic N) is 4. The monoisotopic (exact) mass is 566 g/mol. The van der Waals surface area contributed by atoms with E-state index in [1.54, 1.807) is 17.2 Å². The molecule has 0 saturated carbocycles. The fourth-order valence-electron chi connectivity index (χ4n) is 6.12. The number of carboxylic acid groups (broad SMARTS) is 1. The minimum Gasteiger partial charge on any atom is -0.477 e. The summed E-state index contributed by atoms with van der Waals surface area (Å²) in [4.78, 5) is 40.1. The molecule has 3 aliphatic rings. The molecule has 1 aromatic carbocycles. The van der Waals surface area contributed by atoms with Crippen molar-refractivity contribution in [2.45, 2.75) is 26.2 Å². The highest BCUT2D eigenvalue weighted by Crippen LogP contribution is 2.42. The number of carbonyl (C=O) groups excluding carboxylic acids is 1. The number of aromatic nitrogens is 2. The van der Waals surface area contributed by atoms with Gasteiger partial charge in [-0.05, 0) is 79.3 Å². The Hall–Kier alpha value is -4.08. The third-order valence-corrected chi connectivity index (χ3v) is 9.72. The molecule has 1 amide bonds. The molecule has 3 aliphatic heterocycles. The second-order valence-corrected chi connectivity index (χ2v) is 12.3. The van der Waals surface area contributed by atoms with E-state index in [4.69, 9.17) is 9.72 Å². The summed E-state index contributed by atoms with van der Waals surface area (Å²) in [5, 5.41) is 9.50. The Bertz CT molecular complexity index is 1650. The van der Waals surface area contributed by atoms with Gasteiger partial charge in [0, 0.05) is 48.6 Å². The second kappa shape index (κ2) is 10.1. The predicted molar refractivity (Wildman–Crippen MR) is 159 cm³/mol. The Balaban J connectivity index is 1.16. The number of piperidine rings is 1. The average Bonchev–Trinajstić information content (AvgIpc) is 3.35. The number of aryl methyl sites for hydroxylation is 1. The number of benzene rings is 1. The van der Waals surface area contributed by atoms with Crippen LogP contribution in [0.15, 0.2) is 60.9 Å². The summed E-state index contributed by atoms with van der Waals surface area (Å²) in [6.45, 7) is 6.17. The van der Waals surface area contributed by atoms with E-state index >= 15 is 0 Å². The van der Waals surface area contributed by atoms with Gasteiger partial charge in [-0.1, -0.05) is 12.1 Å². The Morgan fingerprint density at radius 1 is 1.02 bits per heavy atom. The third-order valence-electron chi connectivity index (χ3n) is 8.55. The first-order valence-electron chi connectivity index (χ1n) is 13.9. The van der Waals surface area contributed by atoms with Gasteiger partial charge in [-0.2, -0.15) is 0 Å². The van der Waals surface area contributed by atoms with Crippen LogP contribution in [0, 0.1) is 12.3 Å². The zero-order valence-corrected chi connectivity index (χ0v) is 23.6. The van der Waals surface area contributed by atoms with Crippen LogP contribution in [0.25, 0.3) is 21.7 Å². The number of ether oxygens (including phenoxy) is 1. The van der Waals surface area contributed by atoms with Gasteiger partial charge >= 0.3 is 5.97 Å². The topological polar surface area (TPSA) is 95.9 Å². The van der Waals surface area contributed by atoms with Crippen LogP contribution < -0.4 is 9.80 Å². The van der Waals surface area contributed by atoms with E-state index in [2.05, 4.69) is 22.9 Å². The SMILES string of the molecule is Cc1cnc(N2CCC3(CC2)COC3)c(-c2ccc(C(=O)N3CCc4cc(C(=O)O)sc4-c4ncccc43)cc2)c1. The number of amides is 1. The minimum atomic E-state index is -0.947. The normalized spacial score (nSPS) is 17.4. The maximum Gasteiger partial charge on any atom is 0.345 e. The number of carboxylic acids is 1. The molecule has 7 rings (SSSR count). The lowest BCUT2D eigenvalue weighted by Gasteiger charge is -2.47. The van der Waals surface area contributed by atoms with Crippen LogP contribution in [-0.2, 0) is 11.2 Å². The van der Waals surface area contributed by atoms with Gasteiger partial charge in [-0.15, -0.1) is 11.3 Å². The average molecular weight is 567 g/mol. The molecule has 208 valence electrons. The van der Waals surface area contributed by atoms with Crippen molar-refractivity contribution in [3.8, 4) is 21.7 Å². The molecule has 2 saturated heterocycles.